The van der Waals surface area contributed by atoms with Crippen LogP contribution in [0.2, 0.25) is 0 Å². The van der Waals surface area contributed by atoms with E-state index in [1.54, 1.807) is 0 Å². The molecule has 1 amide bonds. The van der Waals surface area contributed by atoms with Crippen molar-refractivity contribution in [2.45, 2.75) is 82.4 Å². The summed E-state index contributed by atoms with van der Waals surface area (Å²) in [4.78, 5) is 21.5. The fourth-order valence-corrected chi connectivity index (χ4v) is 5.55. The minimum absolute atomic E-state index is 0.109. The summed E-state index contributed by atoms with van der Waals surface area (Å²) in [5.41, 5.74) is 2.21. The summed E-state index contributed by atoms with van der Waals surface area (Å²) in [6.45, 7) is 1.94. The number of aryl methyl sites for hydroxylation is 1. The van der Waals surface area contributed by atoms with E-state index in [1.807, 2.05) is 19.1 Å². The third-order valence-corrected chi connectivity index (χ3v) is 7.17. The Morgan fingerprint density at radius 3 is 2.36 bits per heavy atom. The molecule has 0 aliphatic heterocycles. The number of nitrogens with one attached hydrogen (secondary N) is 1. The molecule has 2 heterocycles. The summed E-state index contributed by atoms with van der Waals surface area (Å²) < 4.78 is 5.72. The van der Waals surface area contributed by atoms with Gasteiger partial charge in [0.1, 0.15) is 0 Å². The van der Waals surface area contributed by atoms with Gasteiger partial charge in [-0.1, -0.05) is 50.3 Å². The Balaban J connectivity index is 1.37. The second-order valence-electron chi connectivity index (χ2n) is 8.43. The molecule has 2 aliphatic carbocycles. The first-order valence-corrected chi connectivity index (χ1v) is 11.8. The van der Waals surface area contributed by atoms with Crippen molar-refractivity contribution < 1.29 is 9.21 Å². The SMILES string of the molecule is Cc1ccc2oc(SCC(=O)NC(C3CCCCC3)C3CCCCC3)nc2n1. The minimum Gasteiger partial charge on any atom is -0.430 e. The first kappa shape index (κ1) is 19.7. The van der Waals surface area contributed by atoms with Gasteiger partial charge in [0.2, 0.25) is 5.91 Å². The average molecular weight is 402 g/mol. The molecule has 1 N–H and O–H groups in total. The van der Waals surface area contributed by atoms with Gasteiger partial charge in [-0.3, -0.25) is 4.79 Å². The summed E-state index contributed by atoms with van der Waals surface area (Å²) in [6, 6.07) is 4.14. The normalized spacial score (nSPS) is 19.4. The van der Waals surface area contributed by atoms with Crippen molar-refractivity contribution >= 4 is 28.9 Å². The monoisotopic (exact) mass is 401 g/mol. The van der Waals surface area contributed by atoms with E-state index >= 15 is 0 Å². The molecule has 2 fully saturated rings. The van der Waals surface area contributed by atoms with E-state index in [9.17, 15) is 4.79 Å². The second-order valence-corrected chi connectivity index (χ2v) is 9.36. The maximum atomic E-state index is 12.8. The molecule has 152 valence electrons. The van der Waals surface area contributed by atoms with Crippen LogP contribution >= 0.6 is 11.8 Å². The lowest BCUT2D eigenvalue weighted by Gasteiger charge is -2.38. The van der Waals surface area contributed by atoms with E-state index in [4.69, 9.17) is 4.42 Å². The number of amides is 1. The molecule has 2 aliphatic rings. The molecule has 4 rings (SSSR count). The fourth-order valence-electron chi connectivity index (χ4n) is 4.92. The van der Waals surface area contributed by atoms with Crippen LogP contribution in [0.15, 0.2) is 21.8 Å². The van der Waals surface area contributed by atoms with Gasteiger partial charge in [0.05, 0.1) is 5.75 Å². The van der Waals surface area contributed by atoms with Gasteiger partial charge in [-0.2, -0.15) is 4.98 Å². The Bertz CT molecular complexity index is 776. The number of carbonyl (C=O) groups excluding carboxylic acids is 1. The van der Waals surface area contributed by atoms with Crippen LogP contribution in [0, 0.1) is 18.8 Å². The van der Waals surface area contributed by atoms with Gasteiger partial charge in [-0.05, 0) is 56.6 Å². The van der Waals surface area contributed by atoms with Crippen LogP contribution < -0.4 is 5.32 Å². The molecule has 0 unspecified atom stereocenters. The molecule has 5 nitrogen and oxygen atoms in total. The van der Waals surface area contributed by atoms with Crippen LogP contribution in [0.4, 0.5) is 0 Å². The highest BCUT2D eigenvalue weighted by molar-refractivity contribution is 7.99. The quantitative estimate of drug-likeness (QED) is 0.668. The number of fused-ring (bicyclic) bond motifs is 1. The maximum absolute atomic E-state index is 12.8. The first-order chi connectivity index (χ1) is 13.7. The van der Waals surface area contributed by atoms with E-state index in [0.717, 1.165) is 5.69 Å². The molecule has 0 spiro atoms. The van der Waals surface area contributed by atoms with Crippen molar-refractivity contribution in [1.29, 1.82) is 0 Å². The third kappa shape index (κ3) is 4.88. The van der Waals surface area contributed by atoms with Crippen molar-refractivity contribution in [3.8, 4) is 0 Å². The van der Waals surface area contributed by atoms with Gasteiger partial charge in [0.15, 0.2) is 11.2 Å². The summed E-state index contributed by atoms with van der Waals surface area (Å²) in [5, 5.41) is 3.95. The van der Waals surface area contributed by atoms with Crippen molar-refractivity contribution in [2.75, 3.05) is 5.75 Å². The highest BCUT2D eigenvalue weighted by Gasteiger charge is 2.32. The van der Waals surface area contributed by atoms with Crippen LogP contribution in [-0.2, 0) is 4.79 Å². The molecule has 6 heteroatoms. The van der Waals surface area contributed by atoms with Crippen molar-refractivity contribution in [1.82, 2.24) is 15.3 Å². The molecule has 0 saturated heterocycles. The number of rotatable bonds is 6. The van der Waals surface area contributed by atoms with Gasteiger partial charge in [0.25, 0.3) is 5.22 Å². The summed E-state index contributed by atoms with van der Waals surface area (Å²) >= 11 is 1.37. The van der Waals surface area contributed by atoms with Gasteiger partial charge in [-0.15, -0.1) is 0 Å². The number of thioether (sulfide) groups is 1. The minimum atomic E-state index is 0.109. The predicted octanol–water partition coefficient (Wildman–Crippen LogP) is 5.27. The largest absolute Gasteiger partial charge is 0.430 e. The topological polar surface area (TPSA) is 68.0 Å². The lowest BCUT2D eigenvalue weighted by molar-refractivity contribution is -0.120. The molecule has 2 saturated carbocycles. The van der Waals surface area contributed by atoms with E-state index in [0.29, 0.717) is 40.1 Å². The standard InChI is InChI=1S/C22H31N3O2S/c1-15-12-13-18-21(23-15)25-22(27-18)28-14-19(26)24-20(16-8-4-2-5-9-16)17-10-6-3-7-11-17/h12-13,16-17,20H,2-11,14H2,1H3,(H,24,26). The molecule has 28 heavy (non-hydrogen) atoms. The van der Waals surface area contributed by atoms with Crippen LogP contribution in [0.1, 0.15) is 69.9 Å². The predicted molar refractivity (Wildman–Crippen MR) is 112 cm³/mol. The van der Waals surface area contributed by atoms with Crippen molar-refractivity contribution in [3.05, 3.63) is 17.8 Å². The number of hydrogen-bond donors (Lipinski definition) is 1. The zero-order valence-corrected chi connectivity index (χ0v) is 17.6. The Hall–Kier alpha value is -1.56. The van der Waals surface area contributed by atoms with Crippen LogP contribution in [0.3, 0.4) is 0 Å². The van der Waals surface area contributed by atoms with Gasteiger partial charge in [0, 0.05) is 11.7 Å². The van der Waals surface area contributed by atoms with Crippen LogP contribution in [-0.4, -0.2) is 27.7 Å². The highest BCUT2D eigenvalue weighted by atomic mass is 32.2. The lowest BCUT2D eigenvalue weighted by Crippen LogP contribution is -2.47. The van der Waals surface area contributed by atoms with Gasteiger partial charge in [-0.25, -0.2) is 4.98 Å². The van der Waals surface area contributed by atoms with E-state index in [2.05, 4.69) is 15.3 Å². The first-order valence-electron chi connectivity index (χ1n) is 10.9. The lowest BCUT2D eigenvalue weighted by atomic mass is 9.74. The molecule has 0 bridgehead atoms. The fraction of sp³-hybridized carbons (Fsp3) is 0.682. The van der Waals surface area contributed by atoms with Crippen molar-refractivity contribution in [3.63, 3.8) is 0 Å². The number of nitrogens with zero attached hydrogens (tertiary/aromatic N) is 2. The second kappa shape index (κ2) is 9.29. The molecule has 0 aromatic carbocycles. The molecular formula is C22H31N3O2S. The maximum Gasteiger partial charge on any atom is 0.258 e. The van der Waals surface area contributed by atoms with E-state index < -0.39 is 0 Å². The summed E-state index contributed by atoms with van der Waals surface area (Å²) in [7, 11) is 0. The molecule has 2 aromatic heterocycles. The Morgan fingerprint density at radius 1 is 1.07 bits per heavy atom. The number of carbonyl (C=O) groups is 1. The number of aromatic nitrogens is 2. The van der Waals surface area contributed by atoms with Gasteiger partial charge < -0.3 is 9.73 Å². The molecule has 0 atom stereocenters. The number of oxazole rings is 1. The molecular weight excluding hydrogens is 370 g/mol. The van der Waals surface area contributed by atoms with Crippen LogP contribution in [0.5, 0.6) is 0 Å². The van der Waals surface area contributed by atoms with Crippen molar-refractivity contribution in [2.24, 2.45) is 11.8 Å². The third-order valence-electron chi connectivity index (χ3n) is 6.34. The number of pyridine rings is 1. The molecule has 2 aromatic rings. The zero-order chi connectivity index (χ0) is 19.3. The Morgan fingerprint density at radius 2 is 1.71 bits per heavy atom. The molecule has 0 radical (unpaired) electrons. The Kier molecular flexibility index (Phi) is 6.55. The van der Waals surface area contributed by atoms with E-state index in [1.165, 1.54) is 76.0 Å². The zero-order valence-electron chi connectivity index (χ0n) is 16.8. The highest BCUT2D eigenvalue weighted by Crippen LogP contribution is 2.35. The van der Waals surface area contributed by atoms with Crippen LogP contribution in [0.25, 0.3) is 11.2 Å². The summed E-state index contributed by atoms with van der Waals surface area (Å²) in [5.74, 6) is 1.77. The Labute approximate surface area is 171 Å². The van der Waals surface area contributed by atoms with E-state index in [-0.39, 0.29) is 5.91 Å². The van der Waals surface area contributed by atoms with Gasteiger partial charge >= 0.3 is 0 Å². The summed E-state index contributed by atoms with van der Waals surface area (Å²) in [6.07, 6.45) is 13.0. The number of hydrogen-bond acceptors (Lipinski definition) is 5. The average Bonchev–Trinajstić information content (AvgIpc) is 3.14. The smallest absolute Gasteiger partial charge is 0.258 e.